The van der Waals surface area contributed by atoms with Gasteiger partial charge in [-0.15, -0.1) is 0 Å². The summed E-state index contributed by atoms with van der Waals surface area (Å²) in [5.74, 6) is 1.35. The molecule has 1 fully saturated rings. The Kier molecular flexibility index (Phi) is 6.03. The predicted octanol–water partition coefficient (Wildman–Crippen LogP) is 2.55. The zero-order valence-corrected chi connectivity index (χ0v) is 16.0. The van der Waals surface area contributed by atoms with E-state index in [1.54, 1.807) is 38.5 Å². The summed E-state index contributed by atoms with van der Waals surface area (Å²) in [5, 5.41) is 0. The summed E-state index contributed by atoms with van der Waals surface area (Å²) in [6.07, 6.45) is 1.76. The summed E-state index contributed by atoms with van der Waals surface area (Å²) in [4.78, 5) is 25.7. The molecule has 2 aromatic rings. The third kappa shape index (κ3) is 4.19. The van der Waals surface area contributed by atoms with Crippen LogP contribution in [0.3, 0.4) is 0 Å². The number of likely N-dealkylation sites (tertiary alicyclic amines) is 1. The molecule has 0 aliphatic carbocycles. The van der Waals surface area contributed by atoms with Crippen molar-refractivity contribution in [1.82, 2.24) is 4.90 Å². The molecule has 3 rings (SSSR count). The lowest BCUT2D eigenvalue weighted by molar-refractivity contribution is -0.134. The standard InChI is InChI=1S/C21H24N2O5/c1-26-16-9-10-19(27-2)17(12-16)18-4-3-11-23(18)20(24)13-28-15-7-5-14(6-8-15)21(22)25/h5-10,12,18H,3-4,11,13H2,1-2H3,(H2,22,25)/t18-/m0/s1. The van der Waals surface area contributed by atoms with Crippen molar-refractivity contribution in [2.75, 3.05) is 27.4 Å². The summed E-state index contributed by atoms with van der Waals surface area (Å²) < 4.78 is 16.4. The number of carbonyl (C=O) groups excluding carboxylic acids is 2. The minimum Gasteiger partial charge on any atom is -0.497 e. The molecule has 28 heavy (non-hydrogen) atoms. The SMILES string of the molecule is COc1ccc(OC)c([C@@H]2CCCN2C(=O)COc2ccc(C(N)=O)cc2)c1. The van der Waals surface area contributed by atoms with Crippen LogP contribution < -0.4 is 19.9 Å². The number of carbonyl (C=O) groups is 2. The van der Waals surface area contributed by atoms with Gasteiger partial charge in [-0.3, -0.25) is 9.59 Å². The largest absolute Gasteiger partial charge is 0.497 e. The predicted molar refractivity (Wildman–Crippen MR) is 104 cm³/mol. The van der Waals surface area contributed by atoms with Crippen LogP contribution >= 0.6 is 0 Å². The van der Waals surface area contributed by atoms with Crippen LogP contribution in [0.4, 0.5) is 0 Å². The van der Waals surface area contributed by atoms with Gasteiger partial charge in [-0.2, -0.15) is 0 Å². The average Bonchev–Trinajstić information content (AvgIpc) is 3.21. The van der Waals surface area contributed by atoms with Crippen LogP contribution in [-0.4, -0.2) is 44.1 Å². The highest BCUT2D eigenvalue weighted by Crippen LogP contribution is 2.38. The molecule has 0 bridgehead atoms. The number of nitrogens with zero attached hydrogens (tertiary/aromatic N) is 1. The van der Waals surface area contributed by atoms with E-state index in [1.165, 1.54) is 0 Å². The van der Waals surface area contributed by atoms with E-state index in [4.69, 9.17) is 19.9 Å². The zero-order valence-electron chi connectivity index (χ0n) is 16.0. The molecule has 0 aromatic heterocycles. The monoisotopic (exact) mass is 384 g/mol. The molecule has 0 saturated carbocycles. The second-order valence-corrected chi connectivity index (χ2v) is 6.53. The molecule has 148 valence electrons. The van der Waals surface area contributed by atoms with Gasteiger partial charge in [0.25, 0.3) is 5.91 Å². The third-order valence-electron chi connectivity index (χ3n) is 4.87. The molecule has 2 aromatic carbocycles. The summed E-state index contributed by atoms with van der Waals surface area (Å²) in [6.45, 7) is 0.576. The first-order chi connectivity index (χ1) is 13.5. The summed E-state index contributed by atoms with van der Waals surface area (Å²) in [5.41, 5.74) is 6.55. The van der Waals surface area contributed by atoms with Gasteiger partial charge < -0.3 is 24.8 Å². The highest BCUT2D eigenvalue weighted by atomic mass is 16.5. The fraction of sp³-hybridized carbons (Fsp3) is 0.333. The van der Waals surface area contributed by atoms with Crippen LogP contribution in [0.5, 0.6) is 17.2 Å². The molecule has 1 aliphatic rings. The van der Waals surface area contributed by atoms with E-state index < -0.39 is 5.91 Å². The molecule has 1 heterocycles. The van der Waals surface area contributed by atoms with Gasteiger partial charge >= 0.3 is 0 Å². The van der Waals surface area contributed by atoms with E-state index in [9.17, 15) is 9.59 Å². The van der Waals surface area contributed by atoms with Gasteiger partial charge in [0.15, 0.2) is 6.61 Å². The van der Waals surface area contributed by atoms with E-state index >= 15 is 0 Å². The van der Waals surface area contributed by atoms with Crippen LogP contribution in [0.1, 0.15) is 34.8 Å². The molecule has 2 amide bonds. The Labute approximate surface area is 164 Å². The lowest BCUT2D eigenvalue weighted by Crippen LogP contribution is -2.34. The molecule has 0 spiro atoms. The maximum Gasteiger partial charge on any atom is 0.261 e. The minimum absolute atomic E-state index is 0.0846. The van der Waals surface area contributed by atoms with Crippen molar-refractivity contribution < 1.29 is 23.8 Å². The molecule has 0 unspecified atom stereocenters. The van der Waals surface area contributed by atoms with Crippen LogP contribution in [-0.2, 0) is 4.79 Å². The number of methoxy groups -OCH3 is 2. The van der Waals surface area contributed by atoms with Gasteiger partial charge in [0, 0.05) is 17.7 Å². The van der Waals surface area contributed by atoms with Crippen molar-refractivity contribution in [3.05, 3.63) is 53.6 Å². The second-order valence-electron chi connectivity index (χ2n) is 6.53. The van der Waals surface area contributed by atoms with Crippen molar-refractivity contribution in [2.24, 2.45) is 5.73 Å². The van der Waals surface area contributed by atoms with Gasteiger partial charge in [-0.1, -0.05) is 0 Å². The number of ether oxygens (including phenoxy) is 3. The quantitative estimate of drug-likeness (QED) is 0.792. The van der Waals surface area contributed by atoms with E-state index in [2.05, 4.69) is 0 Å². The normalized spacial score (nSPS) is 15.9. The average molecular weight is 384 g/mol. The fourth-order valence-electron chi connectivity index (χ4n) is 3.43. The topological polar surface area (TPSA) is 91.1 Å². The van der Waals surface area contributed by atoms with Crippen LogP contribution in [0.15, 0.2) is 42.5 Å². The van der Waals surface area contributed by atoms with Crippen LogP contribution in [0.25, 0.3) is 0 Å². The highest BCUT2D eigenvalue weighted by molar-refractivity contribution is 5.92. The number of hydrogen-bond acceptors (Lipinski definition) is 5. The van der Waals surface area contributed by atoms with E-state index in [1.807, 2.05) is 23.1 Å². The molecule has 1 aliphatic heterocycles. The Balaban J connectivity index is 1.70. The van der Waals surface area contributed by atoms with Crippen molar-refractivity contribution in [1.29, 1.82) is 0 Å². The first kappa shape index (κ1) is 19.5. The molecule has 7 heteroatoms. The molecule has 1 saturated heterocycles. The van der Waals surface area contributed by atoms with Gasteiger partial charge in [0.2, 0.25) is 5.91 Å². The van der Waals surface area contributed by atoms with Crippen molar-refractivity contribution in [2.45, 2.75) is 18.9 Å². The van der Waals surface area contributed by atoms with Crippen LogP contribution in [0, 0.1) is 0 Å². The highest BCUT2D eigenvalue weighted by Gasteiger charge is 2.32. The zero-order chi connectivity index (χ0) is 20.1. The minimum atomic E-state index is -0.505. The van der Waals surface area contributed by atoms with E-state index in [-0.39, 0.29) is 18.6 Å². The number of amides is 2. The number of rotatable bonds is 7. The summed E-state index contributed by atoms with van der Waals surface area (Å²) in [6, 6.07) is 11.9. The number of hydrogen-bond donors (Lipinski definition) is 1. The Bertz CT molecular complexity index is 850. The molecular formula is C21H24N2O5. The van der Waals surface area contributed by atoms with Crippen molar-refractivity contribution >= 4 is 11.8 Å². The molecule has 0 radical (unpaired) electrons. The number of primary amides is 1. The van der Waals surface area contributed by atoms with Gasteiger partial charge in [0.1, 0.15) is 17.2 Å². The molecular weight excluding hydrogens is 360 g/mol. The maximum absolute atomic E-state index is 12.8. The van der Waals surface area contributed by atoms with Gasteiger partial charge in [0.05, 0.1) is 20.3 Å². The Hall–Kier alpha value is -3.22. The number of nitrogens with two attached hydrogens (primary N) is 1. The number of benzene rings is 2. The first-order valence-corrected chi connectivity index (χ1v) is 9.07. The van der Waals surface area contributed by atoms with Gasteiger partial charge in [-0.05, 0) is 55.3 Å². The van der Waals surface area contributed by atoms with Crippen molar-refractivity contribution in [3.8, 4) is 17.2 Å². The maximum atomic E-state index is 12.8. The molecule has 2 N–H and O–H groups in total. The third-order valence-corrected chi connectivity index (χ3v) is 4.87. The Morgan fingerprint density at radius 1 is 1.07 bits per heavy atom. The Morgan fingerprint density at radius 3 is 2.43 bits per heavy atom. The summed E-state index contributed by atoms with van der Waals surface area (Å²) >= 11 is 0. The second kappa shape index (κ2) is 8.65. The lowest BCUT2D eigenvalue weighted by Gasteiger charge is -2.26. The first-order valence-electron chi connectivity index (χ1n) is 9.07. The fourth-order valence-corrected chi connectivity index (χ4v) is 3.43. The Morgan fingerprint density at radius 2 is 1.79 bits per heavy atom. The van der Waals surface area contributed by atoms with E-state index in [0.717, 1.165) is 29.9 Å². The smallest absolute Gasteiger partial charge is 0.261 e. The lowest BCUT2D eigenvalue weighted by atomic mass is 10.0. The summed E-state index contributed by atoms with van der Waals surface area (Å²) in [7, 11) is 3.23. The van der Waals surface area contributed by atoms with Crippen LogP contribution in [0.2, 0.25) is 0 Å². The van der Waals surface area contributed by atoms with Gasteiger partial charge in [-0.25, -0.2) is 0 Å². The molecule has 1 atom stereocenters. The molecule has 7 nitrogen and oxygen atoms in total. The van der Waals surface area contributed by atoms with Crippen molar-refractivity contribution in [3.63, 3.8) is 0 Å². The van der Waals surface area contributed by atoms with E-state index in [0.29, 0.717) is 17.9 Å².